The van der Waals surface area contributed by atoms with E-state index in [0.29, 0.717) is 42.3 Å². The van der Waals surface area contributed by atoms with Gasteiger partial charge in [0.05, 0.1) is 12.3 Å². The number of hydrogen-bond donors (Lipinski definition) is 0. The molecule has 1 aliphatic heterocycles. The zero-order valence-electron chi connectivity index (χ0n) is 13.4. The maximum atomic E-state index is 12.6. The van der Waals surface area contributed by atoms with Crippen molar-refractivity contribution < 1.29 is 19.1 Å². The molecule has 0 spiro atoms. The van der Waals surface area contributed by atoms with E-state index in [-0.39, 0.29) is 5.91 Å². The Morgan fingerprint density at radius 3 is 2.68 bits per heavy atom. The Hall–Kier alpha value is -2.04. The van der Waals surface area contributed by atoms with Crippen LogP contribution in [0.2, 0.25) is 0 Å². The van der Waals surface area contributed by atoms with E-state index < -0.39 is 6.10 Å². The highest BCUT2D eigenvalue weighted by molar-refractivity contribution is 6.01. The maximum absolute atomic E-state index is 12.6. The predicted octanol–water partition coefficient (Wildman–Crippen LogP) is 3.20. The number of aldehydes is 1. The Balaban J connectivity index is 2.52. The van der Waals surface area contributed by atoms with Gasteiger partial charge >= 0.3 is 0 Å². The van der Waals surface area contributed by atoms with Crippen LogP contribution in [0.5, 0.6) is 11.5 Å². The summed E-state index contributed by atoms with van der Waals surface area (Å²) in [7, 11) is 0. The van der Waals surface area contributed by atoms with Gasteiger partial charge in [0.25, 0.3) is 5.91 Å². The topological polar surface area (TPSA) is 55.8 Å². The molecule has 1 aromatic rings. The Kier molecular flexibility index (Phi) is 5.41. The van der Waals surface area contributed by atoms with E-state index in [2.05, 4.69) is 6.92 Å². The number of amides is 1. The highest BCUT2D eigenvalue weighted by Crippen LogP contribution is 2.43. The molecule has 1 unspecified atom stereocenters. The molecule has 2 rings (SSSR count). The monoisotopic (exact) mass is 305 g/mol. The van der Waals surface area contributed by atoms with Crippen LogP contribution in [0.4, 0.5) is 5.69 Å². The highest BCUT2D eigenvalue weighted by Gasteiger charge is 2.35. The van der Waals surface area contributed by atoms with Gasteiger partial charge in [-0.05, 0) is 31.9 Å². The number of carbonyl (C=O) groups is 2. The average molecular weight is 305 g/mol. The summed E-state index contributed by atoms with van der Waals surface area (Å²) in [5.74, 6) is 1.04. The second-order valence-corrected chi connectivity index (χ2v) is 5.28. The van der Waals surface area contributed by atoms with Gasteiger partial charge < -0.3 is 14.4 Å². The number of rotatable bonds is 7. The Labute approximate surface area is 131 Å². The van der Waals surface area contributed by atoms with Crippen LogP contribution in [0.3, 0.4) is 0 Å². The summed E-state index contributed by atoms with van der Waals surface area (Å²) in [6, 6.07) is 3.36. The van der Waals surface area contributed by atoms with Crippen molar-refractivity contribution in [3.05, 3.63) is 17.7 Å². The Morgan fingerprint density at radius 2 is 2.09 bits per heavy atom. The molecule has 1 amide bonds. The summed E-state index contributed by atoms with van der Waals surface area (Å²) in [5, 5.41) is 0. The van der Waals surface area contributed by atoms with Crippen LogP contribution in [-0.4, -0.2) is 31.4 Å². The third-order valence-corrected chi connectivity index (χ3v) is 3.69. The first-order chi connectivity index (χ1) is 10.7. The lowest BCUT2D eigenvalue weighted by Gasteiger charge is -2.35. The molecule has 5 heteroatoms. The number of carbonyl (C=O) groups excluding carboxylic acids is 2. The van der Waals surface area contributed by atoms with E-state index in [1.807, 2.05) is 13.8 Å². The van der Waals surface area contributed by atoms with Gasteiger partial charge in [-0.25, -0.2) is 0 Å². The Morgan fingerprint density at radius 1 is 1.32 bits per heavy atom. The number of fused-ring (bicyclic) bond motifs is 1. The normalized spacial score (nSPS) is 17.0. The summed E-state index contributed by atoms with van der Waals surface area (Å²) < 4.78 is 11.5. The van der Waals surface area contributed by atoms with Crippen LogP contribution in [0.15, 0.2) is 12.1 Å². The van der Waals surface area contributed by atoms with Crippen LogP contribution in [0.25, 0.3) is 0 Å². The summed E-state index contributed by atoms with van der Waals surface area (Å²) in [5.41, 5.74) is 1.12. The average Bonchev–Trinajstić information content (AvgIpc) is 2.53. The number of anilines is 1. The molecular weight excluding hydrogens is 282 g/mol. The lowest BCUT2D eigenvalue weighted by Crippen LogP contribution is -2.46. The van der Waals surface area contributed by atoms with Crippen molar-refractivity contribution in [2.45, 2.75) is 46.1 Å². The van der Waals surface area contributed by atoms with E-state index in [1.165, 1.54) is 0 Å². The molecule has 120 valence electrons. The lowest BCUT2D eigenvalue weighted by molar-refractivity contribution is -0.126. The van der Waals surface area contributed by atoms with Gasteiger partial charge in [-0.15, -0.1) is 0 Å². The van der Waals surface area contributed by atoms with E-state index in [0.717, 1.165) is 19.1 Å². The van der Waals surface area contributed by atoms with Crippen molar-refractivity contribution in [1.29, 1.82) is 0 Å². The van der Waals surface area contributed by atoms with E-state index in [4.69, 9.17) is 9.47 Å². The van der Waals surface area contributed by atoms with Crippen molar-refractivity contribution in [3.8, 4) is 11.5 Å². The first-order valence-electron chi connectivity index (χ1n) is 7.90. The van der Waals surface area contributed by atoms with Gasteiger partial charge in [0, 0.05) is 12.1 Å². The van der Waals surface area contributed by atoms with Gasteiger partial charge in [-0.3, -0.25) is 9.59 Å². The van der Waals surface area contributed by atoms with Gasteiger partial charge in [0.2, 0.25) is 0 Å². The van der Waals surface area contributed by atoms with Crippen LogP contribution < -0.4 is 14.4 Å². The molecule has 0 radical (unpaired) electrons. The third kappa shape index (κ3) is 3.08. The minimum absolute atomic E-state index is 0.0473. The van der Waals surface area contributed by atoms with Crippen molar-refractivity contribution in [2.24, 2.45) is 0 Å². The second-order valence-electron chi connectivity index (χ2n) is 5.28. The highest BCUT2D eigenvalue weighted by atomic mass is 16.5. The largest absolute Gasteiger partial charge is 0.490 e. The first kappa shape index (κ1) is 16.3. The molecule has 0 bridgehead atoms. The molecular formula is C17H23NO4. The van der Waals surface area contributed by atoms with Crippen molar-refractivity contribution in [2.75, 3.05) is 18.1 Å². The molecule has 0 fully saturated rings. The van der Waals surface area contributed by atoms with Gasteiger partial charge in [-0.1, -0.05) is 20.3 Å². The van der Waals surface area contributed by atoms with Crippen molar-refractivity contribution in [3.63, 3.8) is 0 Å². The fourth-order valence-corrected chi connectivity index (χ4v) is 2.55. The minimum Gasteiger partial charge on any atom is -0.490 e. The lowest BCUT2D eigenvalue weighted by atomic mass is 10.1. The van der Waals surface area contributed by atoms with Crippen molar-refractivity contribution in [1.82, 2.24) is 0 Å². The number of ether oxygens (including phenoxy) is 2. The molecule has 0 saturated heterocycles. The van der Waals surface area contributed by atoms with Gasteiger partial charge in [0.15, 0.2) is 17.6 Å². The summed E-state index contributed by atoms with van der Waals surface area (Å²) in [6.07, 6.45) is 2.75. The standard InChI is InChI=1S/C17H23NO4/c1-4-7-8-18-13-9-12(11-19)10-15(21-6-3)16(13)22-14(5-2)17(18)20/h9-11,14H,4-8H2,1-3H3. The smallest absolute Gasteiger partial charge is 0.268 e. The molecule has 1 heterocycles. The summed E-state index contributed by atoms with van der Waals surface area (Å²) in [4.78, 5) is 25.5. The second kappa shape index (κ2) is 7.29. The number of unbranched alkanes of at least 4 members (excludes halogenated alkanes) is 1. The van der Waals surface area contributed by atoms with Crippen molar-refractivity contribution >= 4 is 17.9 Å². The molecule has 22 heavy (non-hydrogen) atoms. The molecule has 0 aliphatic carbocycles. The van der Waals surface area contributed by atoms with Crippen LogP contribution >= 0.6 is 0 Å². The number of nitrogens with zero attached hydrogens (tertiary/aromatic N) is 1. The fraction of sp³-hybridized carbons (Fsp3) is 0.529. The van der Waals surface area contributed by atoms with E-state index >= 15 is 0 Å². The van der Waals surface area contributed by atoms with E-state index in [1.54, 1.807) is 17.0 Å². The van der Waals surface area contributed by atoms with Crippen LogP contribution in [0, 0.1) is 0 Å². The molecule has 1 aromatic carbocycles. The molecule has 0 saturated carbocycles. The zero-order chi connectivity index (χ0) is 16.1. The SMILES string of the molecule is CCCCN1C(=O)C(CC)Oc2c(OCC)cc(C=O)cc21. The predicted molar refractivity (Wildman–Crippen MR) is 85.0 cm³/mol. The molecule has 0 N–H and O–H groups in total. The first-order valence-corrected chi connectivity index (χ1v) is 7.90. The number of hydrogen-bond acceptors (Lipinski definition) is 4. The summed E-state index contributed by atoms with van der Waals surface area (Å²) in [6.45, 7) is 6.97. The summed E-state index contributed by atoms with van der Waals surface area (Å²) >= 11 is 0. The maximum Gasteiger partial charge on any atom is 0.268 e. The quantitative estimate of drug-likeness (QED) is 0.726. The van der Waals surface area contributed by atoms with Gasteiger partial charge in [-0.2, -0.15) is 0 Å². The van der Waals surface area contributed by atoms with Crippen LogP contribution in [-0.2, 0) is 4.79 Å². The molecule has 5 nitrogen and oxygen atoms in total. The minimum atomic E-state index is -0.495. The molecule has 1 atom stereocenters. The van der Waals surface area contributed by atoms with Gasteiger partial charge in [0.1, 0.15) is 6.29 Å². The molecule has 1 aliphatic rings. The fourth-order valence-electron chi connectivity index (χ4n) is 2.55. The third-order valence-electron chi connectivity index (χ3n) is 3.69. The van der Waals surface area contributed by atoms with E-state index in [9.17, 15) is 9.59 Å². The molecule has 0 aromatic heterocycles. The number of benzene rings is 1. The zero-order valence-corrected chi connectivity index (χ0v) is 13.4. The Bertz CT molecular complexity index is 556. The van der Waals surface area contributed by atoms with Crippen LogP contribution in [0.1, 0.15) is 50.4 Å².